The average molecular weight is 362 g/mol. The monoisotopic (exact) mass is 362 g/mol. The molecule has 0 spiro atoms. The molecule has 0 aromatic heterocycles. The molecular formula is C23H26N2O2. The van der Waals surface area contributed by atoms with Crippen molar-refractivity contribution < 1.29 is 9.59 Å². The molecule has 1 N–H and O–H groups in total. The van der Waals surface area contributed by atoms with Crippen LogP contribution < -0.4 is 5.32 Å². The number of carbonyl (C=O) groups excluding carboxylic acids is 2. The van der Waals surface area contributed by atoms with Crippen LogP contribution in [0.3, 0.4) is 0 Å². The van der Waals surface area contributed by atoms with Gasteiger partial charge in [-0.25, -0.2) is 0 Å². The summed E-state index contributed by atoms with van der Waals surface area (Å²) in [5.74, 6) is -0.117. The van der Waals surface area contributed by atoms with E-state index in [1.807, 2.05) is 61.5 Å². The summed E-state index contributed by atoms with van der Waals surface area (Å²) in [5, 5.41) is 3.23. The van der Waals surface area contributed by atoms with Gasteiger partial charge in [-0.15, -0.1) is 0 Å². The molecule has 1 aliphatic carbocycles. The minimum absolute atomic E-state index is 0.0528. The molecule has 4 nitrogen and oxygen atoms in total. The molecule has 1 saturated carbocycles. The number of fused-ring (bicyclic) bond motifs is 1. The Bertz CT molecular complexity index is 827. The van der Waals surface area contributed by atoms with Gasteiger partial charge in [-0.2, -0.15) is 0 Å². The number of nitrogens with one attached hydrogen (secondary N) is 1. The summed E-state index contributed by atoms with van der Waals surface area (Å²) in [6, 6.07) is 16.9. The van der Waals surface area contributed by atoms with Gasteiger partial charge in [-0.05, 0) is 37.0 Å². The Morgan fingerprint density at radius 3 is 2.41 bits per heavy atom. The molecule has 1 heterocycles. The third-order valence-corrected chi connectivity index (χ3v) is 5.90. The fraction of sp³-hybridized carbons (Fsp3) is 0.391. The molecule has 4 heteroatoms. The molecule has 0 radical (unpaired) electrons. The van der Waals surface area contributed by atoms with E-state index in [1.165, 1.54) is 6.42 Å². The Morgan fingerprint density at radius 2 is 1.67 bits per heavy atom. The normalized spacial score (nSPS) is 21.0. The summed E-state index contributed by atoms with van der Waals surface area (Å²) in [5.41, 5.74) is 2.50. The van der Waals surface area contributed by atoms with Crippen LogP contribution in [-0.2, 0) is 4.79 Å². The summed E-state index contributed by atoms with van der Waals surface area (Å²) in [6.45, 7) is 2.00. The van der Waals surface area contributed by atoms with Crippen molar-refractivity contribution >= 4 is 11.8 Å². The first-order valence-electron chi connectivity index (χ1n) is 9.93. The van der Waals surface area contributed by atoms with E-state index in [1.54, 1.807) is 4.90 Å². The lowest BCUT2D eigenvalue weighted by molar-refractivity contribution is -0.127. The topological polar surface area (TPSA) is 49.4 Å². The van der Waals surface area contributed by atoms with Gasteiger partial charge in [0.15, 0.2) is 0 Å². The van der Waals surface area contributed by atoms with Gasteiger partial charge >= 0.3 is 0 Å². The summed E-state index contributed by atoms with van der Waals surface area (Å²) in [6.07, 6.45) is 5.63. The van der Waals surface area contributed by atoms with Gasteiger partial charge in [0.1, 0.15) is 6.04 Å². The number of rotatable bonds is 4. The third kappa shape index (κ3) is 3.36. The second-order valence-electron chi connectivity index (χ2n) is 7.63. The van der Waals surface area contributed by atoms with Gasteiger partial charge in [0.2, 0.25) is 5.91 Å². The van der Waals surface area contributed by atoms with Crippen LogP contribution in [0.25, 0.3) is 0 Å². The molecule has 0 bridgehead atoms. The van der Waals surface area contributed by atoms with Crippen LogP contribution >= 0.6 is 0 Å². The van der Waals surface area contributed by atoms with E-state index in [0.29, 0.717) is 5.56 Å². The van der Waals surface area contributed by atoms with E-state index >= 15 is 0 Å². The van der Waals surface area contributed by atoms with Crippen molar-refractivity contribution in [3.05, 3.63) is 71.3 Å². The van der Waals surface area contributed by atoms with Gasteiger partial charge in [-0.1, -0.05) is 67.8 Å². The van der Waals surface area contributed by atoms with Crippen LogP contribution in [0.2, 0.25) is 0 Å². The Hall–Kier alpha value is -2.62. The highest BCUT2D eigenvalue weighted by molar-refractivity contribution is 6.05. The molecule has 27 heavy (non-hydrogen) atoms. The molecule has 0 saturated heterocycles. The maximum Gasteiger partial charge on any atom is 0.255 e. The molecule has 1 aliphatic heterocycles. The van der Waals surface area contributed by atoms with E-state index in [-0.39, 0.29) is 23.9 Å². The summed E-state index contributed by atoms with van der Waals surface area (Å²) in [4.78, 5) is 28.2. The van der Waals surface area contributed by atoms with E-state index in [4.69, 9.17) is 0 Å². The lowest BCUT2D eigenvalue weighted by Crippen LogP contribution is -2.44. The molecule has 2 aliphatic rings. The zero-order chi connectivity index (χ0) is 18.8. The quantitative estimate of drug-likeness (QED) is 0.877. The standard InChI is InChI=1S/C23H26N2O2/c1-16(17-10-4-2-5-11-17)25-21(19-14-8-9-15-20(19)23(25)27)22(26)24-18-12-6-3-7-13-18/h2,4-5,8-11,14-16,18,21H,3,6-7,12-13H2,1H3,(H,24,26)/t16-,21-/m0/s1. The number of hydrogen-bond donors (Lipinski definition) is 1. The molecule has 0 unspecified atom stereocenters. The van der Waals surface area contributed by atoms with E-state index in [0.717, 1.165) is 36.8 Å². The minimum atomic E-state index is -0.564. The minimum Gasteiger partial charge on any atom is -0.351 e. The van der Waals surface area contributed by atoms with Crippen molar-refractivity contribution in [2.75, 3.05) is 0 Å². The maximum absolute atomic E-state index is 13.3. The van der Waals surface area contributed by atoms with Crippen LogP contribution in [0.1, 0.15) is 72.6 Å². The lowest BCUT2D eigenvalue weighted by atomic mass is 9.94. The van der Waals surface area contributed by atoms with Crippen molar-refractivity contribution in [2.45, 2.75) is 57.2 Å². The molecule has 140 valence electrons. The van der Waals surface area contributed by atoms with Crippen molar-refractivity contribution in [3.63, 3.8) is 0 Å². The number of carbonyl (C=O) groups is 2. The van der Waals surface area contributed by atoms with Gasteiger partial charge in [0, 0.05) is 11.6 Å². The van der Waals surface area contributed by atoms with Crippen molar-refractivity contribution in [1.82, 2.24) is 10.2 Å². The Morgan fingerprint density at radius 1 is 1.00 bits per heavy atom. The Kier molecular flexibility index (Phi) is 4.97. The van der Waals surface area contributed by atoms with Gasteiger partial charge in [-0.3, -0.25) is 9.59 Å². The predicted molar refractivity (Wildman–Crippen MR) is 105 cm³/mol. The fourth-order valence-corrected chi connectivity index (χ4v) is 4.42. The highest BCUT2D eigenvalue weighted by Gasteiger charge is 2.43. The van der Waals surface area contributed by atoms with Crippen molar-refractivity contribution in [3.8, 4) is 0 Å². The summed E-state index contributed by atoms with van der Waals surface area (Å²) >= 11 is 0. The first-order chi connectivity index (χ1) is 13.2. The largest absolute Gasteiger partial charge is 0.351 e. The second kappa shape index (κ2) is 7.55. The highest BCUT2D eigenvalue weighted by Crippen LogP contribution is 2.40. The van der Waals surface area contributed by atoms with Crippen LogP contribution in [0.5, 0.6) is 0 Å². The van der Waals surface area contributed by atoms with E-state index in [2.05, 4.69) is 5.32 Å². The van der Waals surface area contributed by atoms with Gasteiger partial charge < -0.3 is 10.2 Å². The smallest absolute Gasteiger partial charge is 0.255 e. The van der Waals surface area contributed by atoms with E-state index < -0.39 is 6.04 Å². The molecule has 2 atom stereocenters. The zero-order valence-electron chi connectivity index (χ0n) is 15.7. The Balaban J connectivity index is 1.66. The van der Waals surface area contributed by atoms with Crippen LogP contribution in [0.15, 0.2) is 54.6 Å². The Labute approximate surface area is 160 Å². The van der Waals surface area contributed by atoms with E-state index in [9.17, 15) is 9.59 Å². The van der Waals surface area contributed by atoms with Crippen molar-refractivity contribution in [1.29, 1.82) is 0 Å². The number of benzene rings is 2. The zero-order valence-corrected chi connectivity index (χ0v) is 15.7. The van der Waals surface area contributed by atoms with Crippen LogP contribution in [-0.4, -0.2) is 22.8 Å². The maximum atomic E-state index is 13.3. The fourth-order valence-electron chi connectivity index (χ4n) is 4.42. The first kappa shape index (κ1) is 17.8. The molecule has 2 amide bonds. The molecule has 1 fully saturated rings. The number of hydrogen-bond acceptors (Lipinski definition) is 2. The van der Waals surface area contributed by atoms with Crippen LogP contribution in [0, 0.1) is 0 Å². The second-order valence-corrected chi connectivity index (χ2v) is 7.63. The lowest BCUT2D eigenvalue weighted by Gasteiger charge is -2.32. The van der Waals surface area contributed by atoms with Crippen LogP contribution in [0.4, 0.5) is 0 Å². The predicted octanol–water partition coefficient (Wildman–Crippen LogP) is 4.39. The molecule has 2 aromatic carbocycles. The number of nitrogens with zero attached hydrogens (tertiary/aromatic N) is 1. The molecule has 4 rings (SSSR count). The SMILES string of the molecule is C[C@@H](c1ccccc1)N1C(=O)c2ccccc2[C@H]1C(=O)NC1CCCCC1. The third-order valence-electron chi connectivity index (χ3n) is 5.90. The molecule has 2 aromatic rings. The van der Waals surface area contributed by atoms with Crippen molar-refractivity contribution in [2.24, 2.45) is 0 Å². The number of amides is 2. The first-order valence-corrected chi connectivity index (χ1v) is 9.93. The summed E-state index contributed by atoms with van der Waals surface area (Å²) < 4.78 is 0. The highest BCUT2D eigenvalue weighted by atomic mass is 16.2. The van der Waals surface area contributed by atoms with Gasteiger partial charge in [0.25, 0.3) is 5.91 Å². The van der Waals surface area contributed by atoms with Gasteiger partial charge in [0.05, 0.1) is 6.04 Å². The molecular weight excluding hydrogens is 336 g/mol. The summed E-state index contributed by atoms with van der Waals surface area (Å²) in [7, 11) is 0. The average Bonchev–Trinajstić information content (AvgIpc) is 3.02.